The van der Waals surface area contributed by atoms with Crippen LogP contribution in [-0.2, 0) is 6.54 Å². The number of furan rings is 1. The molecule has 0 spiro atoms. The lowest BCUT2D eigenvalue weighted by atomic mass is 10.1. The van der Waals surface area contributed by atoms with Gasteiger partial charge in [0.2, 0.25) is 0 Å². The van der Waals surface area contributed by atoms with Gasteiger partial charge >= 0.3 is 0 Å². The third-order valence-corrected chi connectivity index (χ3v) is 5.12. The van der Waals surface area contributed by atoms with E-state index in [1.165, 1.54) is 23.2 Å². The summed E-state index contributed by atoms with van der Waals surface area (Å²) in [7, 11) is 0. The van der Waals surface area contributed by atoms with E-state index in [-0.39, 0.29) is 5.91 Å². The average Bonchev–Trinajstić information content (AvgIpc) is 3.29. The maximum Gasteiger partial charge on any atom is 0.296 e. The highest BCUT2D eigenvalue weighted by molar-refractivity contribution is 7.22. The van der Waals surface area contributed by atoms with Crippen LogP contribution in [0.4, 0.5) is 5.13 Å². The zero-order valence-corrected chi connectivity index (χ0v) is 15.3. The molecule has 130 valence electrons. The molecule has 0 radical (unpaired) electrons. The molecule has 4 aromatic rings. The van der Waals surface area contributed by atoms with Gasteiger partial charge in [0.25, 0.3) is 5.91 Å². The minimum absolute atomic E-state index is 0.215. The summed E-state index contributed by atoms with van der Waals surface area (Å²) in [5.74, 6) is 0.0772. The quantitative estimate of drug-likeness (QED) is 0.525. The highest BCUT2D eigenvalue weighted by Crippen LogP contribution is 2.33. The van der Waals surface area contributed by atoms with Crippen LogP contribution in [0.1, 0.15) is 27.2 Å². The zero-order chi connectivity index (χ0) is 18.1. The van der Waals surface area contributed by atoms with E-state index in [1.807, 2.05) is 19.1 Å². The molecule has 3 heterocycles. The molecule has 0 unspecified atom stereocenters. The molecule has 0 saturated heterocycles. The van der Waals surface area contributed by atoms with E-state index in [9.17, 15) is 4.79 Å². The van der Waals surface area contributed by atoms with Crippen molar-refractivity contribution in [3.63, 3.8) is 0 Å². The number of thiazole rings is 1. The second-order valence-electron chi connectivity index (χ2n) is 6.15. The van der Waals surface area contributed by atoms with Gasteiger partial charge in [0.05, 0.1) is 23.0 Å². The van der Waals surface area contributed by atoms with Crippen molar-refractivity contribution in [1.29, 1.82) is 0 Å². The monoisotopic (exact) mass is 363 g/mol. The molecule has 6 heteroatoms. The maximum absolute atomic E-state index is 13.0. The number of pyridine rings is 1. The molecule has 1 amide bonds. The number of carbonyl (C=O) groups excluding carboxylic acids is 1. The van der Waals surface area contributed by atoms with Gasteiger partial charge in [0.1, 0.15) is 0 Å². The van der Waals surface area contributed by atoms with Gasteiger partial charge in [-0.1, -0.05) is 23.5 Å². The van der Waals surface area contributed by atoms with Crippen molar-refractivity contribution < 1.29 is 9.21 Å². The Labute approximate surface area is 154 Å². The topological polar surface area (TPSA) is 59.2 Å². The Morgan fingerprint density at radius 1 is 1.23 bits per heavy atom. The molecule has 26 heavy (non-hydrogen) atoms. The lowest BCUT2D eigenvalue weighted by Gasteiger charge is -2.18. The Hall–Kier alpha value is -2.99. The molecule has 0 N–H and O–H groups in total. The van der Waals surface area contributed by atoms with Gasteiger partial charge in [0, 0.05) is 12.4 Å². The molecule has 0 aliphatic carbocycles. The number of hydrogen-bond donors (Lipinski definition) is 0. The summed E-state index contributed by atoms with van der Waals surface area (Å²) in [6.45, 7) is 4.48. The number of hydrogen-bond acceptors (Lipinski definition) is 5. The number of anilines is 1. The first-order chi connectivity index (χ1) is 12.6. The lowest BCUT2D eigenvalue weighted by Crippen LogP contribution is -2.30. The van der Waals surface area contributed by atoms with Crippen molar-refractivity contribution in [2.75, 3.05) is 4.90 Å². The Morgan fingerprint density at radius 3 is 2.85 bits per heavy atom. The van der Waals surface area contributed by atoms with Gasteiger partial charge in [0.15, 0.2) is 10.9 Å². The summed E-state index contributed by atoms with van der Waals surface area (Å²) < 4.78 is 6.39. The summed E-state index contributed by atoms with van der Waals surface area (Å²) >= 11 is 1.51. The van der Waals surface area contributed by atoms with Crippen LogP contribution in [0, 0.1) is 13.8 Å². The summed E-state index contributed by atoms with van der Waals surface area (Å²) in [5, 5.41) is 0.652. The normalized spacial score (nSPS) is 11.0. The summed E-state index contributed by atoms with van der Waals surface area (Å²) in [6, 6.07) is 11.4. The Kier molecular flexibility index (Phi) is 4.26. The van der Waals surface area contributed by atoms with Gasteiger partial charge in [-0.05, 0) is 54.8 Å². The van der Waals surface area contributed by atoms with Gasteiger partial charge in [-0.15, -0.1) is 0 Å². The van der Waals surface area contributed by atoms with Gasteiger partial charge < -0.3 is 4.42 Å². The molecular formula is C20H17N3O2S. The molecular weight excluding hydrogens is 346 g/mol. The number of nitrogens with zero attached hydrogens (tertiary/aromatic N) is 3. The number of aryl methyl sites for hydroxylation is 2. The van der Waals surface area contributed by atoms with Gasteiger partial charge in [-0.25, -0.2) is 4.98 Å². The predicted molar refractivity (Wildman–Crippen MR) is 103 cm³/mol. The molecule has 0 fully saturated rings. The largest absolute Gasteiger partial charge is 0.459 e. The number of amides is 1. The molecule has 4 rings (SSSR count). The molecule has 5 nitrogen and oxygen atoms in total. The van der Waals surface area contributed by atoms with Crippen molar-refractivity contribution in [1.82, 2.24) is 9.97 Å². The number of fused-ring (bicyclic) bond motifs is 1. The first-order valence-corrected chi connectivity index (χ1v) is 9.05. The Balaban J connectivity index is 1.79. The SMILES string of the molecule is Cc1cc(C)c2nc(N(Cc3cccnc3)C(=O)c3ccco3)sc2c1. The third-order valence-electron chi connectivity index (χ3n) is 4.09. The molecule has 0 aliphatic heterocycles. The van der Waals surface area contributed by atoms with Crippen molar-refractivity contribution in [2.45, 2.75) is 20.4 Å². The number of aromatic nitrogens is 2. The molecule has 1 aromatic carbocycles. The van der Waals surface area contributed by atoms with E-state index in [1.54, 1.807) is 29.4 Å². The van der Waals surface area contributed by atoms with E-state index in [0.717, 1.165) is 21.3 Å². The smallest absolute Gasteiger partial charge is 0.296 e. The van der Waals surface area contributed by atoms with Crippen LogP contribution in [0.5, 0.6) is 0 Å². The van der Waals surface area contributed by atoms with Crippen LogP contribution in [-0.4, -0.2) is 15.9 Å². The van der Waals surface area contributed by atoms with Crippen molar-refractivity contribution >= 4 is 32.6 Å². The van der Waals surface area contributed by atoms with E-state index < -0.39 is 0 Å². The van der Waals surface area contributed by atoms with Crippen molar-refractivity contribution in [3.05, 3.63) is 77.5 Å². The van der Waals surface area contributed by atoms with Gasteiger partial charge in [-0.2, -0.15) is 0 Å². The third kappa shape index (κ3) is 3.11. The average molecular weight is 363 g/mol. The van der Waals surface area contributed by atoms with E-state index in [2.05, 4.69) is 24.0 Å². The van der Waals surface area contributed by atoms with Crippen LogP contribution in [0.2, 0.25) is 0 Å². The summed E-state index contributed by atoms with van der Waals surface area (Å²) in [5.41, 5.74) is 4.15. The van der Waals surface area contributed by atoms with Gasteiger partial charge in [-0.3, -0.25) is 14.7 Å². The molecule has 0 aliphatic rings. The fourth-order valence-corrected chi connectivity index (χ4v) is 4.05. The van der Waals surface area contributed by atoms with Crippen LogP contribution < -0.4 is 4.90 Å². The second kappa shape index (κ2) is 6.72. The minimum Gasteiger partial charge on any atom is -0.459 e. The molecule has 0 bridgehead atoms. The fourth-order valence-electron chi connectivity index (χ4n) is 2.91. The van der Waals surface area contributed by atoms with Crippen molar-refractivity contribution in [2.24, 2.45) is 0 Å². The molecule has 0 atom stereocenters. The van der Waals surface area contributed by atoms with E-state index in [0.29, 0.717) is 17.4 Å². The summed E-state index contributed by atoms with van der Waals surface area (Å²) in [6.07, 6.45) is 4.97. The first-order valence-electron chi connectivity index (χ1n) is 8.24. The highest BCUT2D eigenvalue weighted by atomic mass is 32.1. The highest BCUT2D eigenvalue weighted by Gasteiger charge is 2.24. The van der Waals surface area contributed by atoms with E-state index >= 15 is 0 Å². The number of carbonyl (C=O) groups is 1. The first kappa shape index (κ1) is 16.5. The minimum atomic E-state index is -0.215. The molecule has 0 saturated carbocycles. The standard InChI is InChI=1S/C20H17N3O2S/c1-13-9-14(2)18-17(10-13)26-20(22-18)23(12-15-5-3-7-21-11-15)19(24)16-6-4-8-25-16/h3-11H,12H2,1-2H3. The molecule has 3 aromatic heterocycles. The van der Waals surface area contributed by atoms with Crippen LogP contribution in [0.25, 0.3) is 10.2 Å². The fraction of sp³-hybridized carbons (Fsp3) is 0.150. The van der Waals surface area contributed by atoms with Crippen LogP contribution in [0.3, 0.4) is 0 Å². The van der Waals surface area contributed by atoms with Crippen LogP contribution in [0.15, 0.2) is 59.5 Å². The predicted octanol–water partition coefficient (Wildman–Crippen LogP) is 4.75. The number of rotatable bonds is 4. The maximum atomic E-state index is 13.0. The Bertz CT molecular complexity index is 1060. The summed E-state index contributed by atoms with van der Waals surface area (Å²) in [4.78, 5) is 23.6. The number of benzene rings is 1. The van der Waals surface area contributed by atoms with E-state index in [4.69, 9.17) is 9.40 Å². The Morgan fingerprint density at radius 2 is 2.12 bits per heavy atom. The lowest BCUT2D eigenvalue weighted by molar-refractivity contribution is 0.0958. The second-order valence-corrected chi connectivity index (χ2v) is 7.16. The van der Waals surface area contributed by atoms with Crippen LogP contribution >= 0.6 is 11.3 Å². The van der Waals surface area contributed by atoms with Crippen molar-refractivity contribution in [3.8, 4) is 0 Å². The zero-order valence-electron chi connectivity index (χ0n) is 14.5.